The van der Waals surface area contributed by atoms with Gasteiger partial charge in [-0.3, -0.25) is 4.79 Å². The van der Waals surface area contributed by atoms with Gasteiger partial charge in [0, 0.05) is 7.11 Å². The Labute approximate surface area is 84.1 Å². The highest BCUT2D eigenvalue weighted by molar-refractivity contribution is 5.99. The monoisotopic (exact) mass is 196 g/mol. The van der Waals surface area contributed by atoms with Crippen molar-refractivity contribution in [3.63, 3.8) is 0 Å². The highest BCUT2D eigenvalue weighted by Crippen LogP contribution is 2.25. The summed E-state index contributed by atoms with van der Waals surface area (Å²) in [5, 5.41) is 0. The molecule has 1 atom stereocenters. The van der Waals surface area contributed by atoms with Gasteiger partial charge >= 0.3 is 0 Å². The zero-order valence-electron chi connectivity index (χ0n) is 9.03. The molecule has 3 heteroatoms. The van der Waals surface area contributed by atoms with Crippen LogP contribution in [0.25, 0.3) is 0 Å². The third-order valence-corrected chi connectivity index (χ3v) is 2.07. The van der Waals surface area contributed by atoms with Crippen LogP contribution in [0.2, 0.25) is 0 Å². The van der Waals surface area contributed by atoms with Gasteiger partial charge in [0.05, 0.1) is 11.8 Å². The summed E-state index contributed by atoms with van der Waals surface area (Å²) in [5.74, 6) is -0.0336. The van der Waals surface area contributed by atoms with Crippen molar-refractivity contribution in [1.82, 2.24) is 0 Å². The average Bonchev–Trinajstić information content (AvgIpc) is 2.53. The first kappa shape index (κ1) is 11.0. The maximum absolute atomic E-state index is 11.9. The minimum atomic E-state index is -0.430. The lowest BCUT2D eigenvalue weighted by molar-refractivity contribution is 0.0195. The van der Waals surface area contributed by atoms with E-state index >= 15 is 0 Å². The smallest absolute Gasteiger partial charge is 0.195 e. The average molecular weight is 196 g/mol. The van der Waals surface area contributed by atoms with Gasteiger partial charge in [-0.15, -0.1) is 0 Å². The molecular formula is C11H16O3. The lowest BCUT2D eigenvalue weighted by Gasteiger charge is -2.27. The molecule has 3 nitrogen and oxygen atoms in total. The first-order chi connectivity index (χ1) is 6.46. The van der Waals surface area contributed by atoms with Crippen molar-refractivity contribution in [2.75, 3.05) is 7.11 Å². The maximum atomic E-state index is 11.9. The van der Waals surface area contributed by atoms with Crippen molar-refractivity contribution in [3.05, 3.63) is 24.2 Å². The minimum Gasteiger partial charge on any atom is -0.472 e. The Hall–Kier alpha value is -1.09. The van der Waals surface area contributed by atoms with Crippen molar-refractivity contribution in [1.29, 1.82) is 0 Å². The van der Waals surface area contributed by atoms with Crippen LogP contribution in [0.3, 0.4) is 0 Å². The molecule has 0 aliphatic rings. The van der Waals surface area contributed by atoms with E-state index in [-0.39, 0.29) is 11.2 Å². The fourth-order valence-corrected chi connectivity index (χ4v) is 1.41. The van der Waals surface area contributed by atoms with Gasteiger partial charge in [-0.25, -0.2) is 0 Å². The summed E-state index contributed by atoms with van der Waals surface area (Å²) in [5.41, 5.74) is 0.357. The summed E-state index contributed by atoms with van der Waals surface area (Å²) < 4.78 is 10.1. The predicted molar refractivity (Wildman–Crippen MR) is 53.3 cm³/mol. The van der Waals surface area contributed by atoms with E-state index < -0.39 is 6.10 Å². The Morgan fingerprint density at radius 2 is 2.14 bits per heavy atom. The van der Waals surface area contributed by atoms with Crippen LogP contribution in [0.1, 0.15) is 31.1 Å². The zero-order chi connectivity index (χ0) is 10.8. The number of carbonyl (C=O) groups is 1. The van der Waals surface area contributed by atoms with Gasteiger partial charge in [0.1, 0.15) is 12.4 Å². The molecule has 1 unspecified atom stereocenters. The lowest BCUT2D eigenvalue weighted by atomic mass is 9.85. The molecule has 0 radical (unpaired) electrons. The SMILES string of the molecule is COC(C(=O)c1ccoc1)C(C)(C)C. The highest BCUT2D eigenvalue weighted by Gasteiger charge is 2.32. The molecule has 0 saturated carbocycles. The van der Waals surface area contributed by atoms with E-state index in [1.165, 1.54) is 12.5 Å². The van der Waals surface area contributed by atoms with Crippen LogP contribution in [-0.2, 0) is 4.74 Å². The minimum absolute atomic E-state index is 0.0336. The lowest BCUT2D eigenvalue weighted by Crippen LogP contribution is -2.36. The van der Waals surface area contributed by atoms with Gasteiger partial charge in [-0.2, -0.15) is 0 Å². The van der Waals surface area contributed by atoms with Crippen molar-refractivity contribution >= 4 is 5.78 Å². The summed E-state index contributed by atoms with van der Waals surface area (Å²) in [4.78, 5) is 11.9. The number of hydrogen-bond donors (Lipinski definition) is 0. The molecule has 78 valence electrons. The number of furan rings is 1. The fraction of sp³-hybridized carbons (Fsp3) is 0.545. The number of carbonyl (C=O) groups excluding carboxylic acids is 1. The molecule has 0 saturated heterocycles. The number of rotatable bonds is 3. The molecular weight excluding hydrogens is 180 g/mol. The van der Waals surface area contributed by atoms with E-state index in [0.29, 0.717) is 5.56 Å². The maximum Gasteiger partial charge on any atom is 0.195 e. The van der Waals surface area contributed by atoms with E-state index in [0.717, 1.165) is 0 Å². The van der Waals surface area contributed by atoms with Crippen molar-refractivity contribution in [2.45, 2.75) is 26.9 Å². The number of hydrogen-bond acceptors (Lipinski definition) is 3. The second kappa shape index (κ2) is 3.96. The van der Waals surface area contributed by atoms with Crippen molar-refractivity contribution in [2.24, 2.45) is 5.41 Å². The largest absolute Gasteiger partial charge is 0.472 e. The quantitative estimate of drug-likeness (QED) is 0.697. The fourth-order valence-electron chi connectivity index (χ4n) is 1.41. The second-order valence-electron chi connectivity index (χ2n) is 4.36. The van der Waals surface area contributed by atoms with Crippen LogP contribution in [0.5, 0.6) is 0 Å². The second-order valence-corrected chi connectivity index (χ2v) is 4.36. The molecule has 1 aromatic heterocycles. The van der Waals surface area contributed by atoms with Crippen LogP contribution in [0.15, 0.2) is 23.0 Å². The van der Waals surface area contributed by atoms with Crippen LogP contribution in [0.4, 0.5) is 0 Å². The molecule has 0 bridgehead atoms. The number of ether oxygens (including phenoxy) is 1. The van der Waals surface area contributed by atoms with Crippen LogP contribution in [-0.4, -0.2) is 19.0 Å². The molecule has 0 N–H and O–H groups in total. The summed E-state index contributed by atoms with van der Waals surface area (Å²) in [6, 6.07) is 1.65. The zero-order valence-corrected chi connectivity index (χ0v) is 9.03. The first-order valence-electron chi connectivity index (χ1n) is 4.56. The van der Waals surface area contributed by atoms with E-state index in [9.17, 15) is 4.79 Å². The molecule has 14 heavy (non-hydrogen) atoms. The Morgan fingerprint density at radius 3 is 2.50 bits per heavy atom. The topological polar surface area (TPSA) is 39.4 Å². The van der Waals surface area contributed by atoms with E-state index in [2.05, 4.69) is 0 Å². The van der Waals surface area contributed by atoms with Gasteiger partial charge in [0.2, 0.25) is 0 Å². The molecule has 0 aromatic carbocycles. The van der Waals surface area contributed by atoms with Crippen LogP contribution >= 0.6 is 0 Å². The summed E-state index contributed by atoms with van der Waals surface area (Å²) in [6.07, 6.45) is 2.50. The normalized spacial score (nSPS) is 14.0. The Balaban J connectivity index is 2.87. The first-order valence-corrected chi connectivity index (χ1v) is 4.56. The van der Waals surface area contributed by atoms with Crippen LogP contribution in [0, 0.1) is 5.41 Å². The Kier molecular flexibility index (Phi) is 3.11. The number of Topliss-reactive ketones (excluding diaryl/α,β-unsaturated/α-hetero) is 1. The summed E-state index contributed by atoms with van der Waals surface area (Å²) in [7, 11) is 1.55. The molecule has 0 amide bonds. The molecule has 0 spiro atoms. The van der Waals surface area contributed by atoms with Gasteiger partial charge in [-0.05, 0) is 11.5 Å². The van der Waals surface area contributed by atoms with Crippen LogP contribution < -0.4 is 0 Å². The summed E-state index contributed by atoms with van der Waals surface area (Å²) >= 11 is 0. The van der Waals surface area contributed by atoms with E-state index in [1.54, 1.807) is 13.2 Å². The Morgan fingerprint density at radius 1 is 1.50 bits per heavy atom. The molecule has 0 fully saturated rings. The van der Waals surface area contributed by atoms with Gasteiger partial charge in [-0.1, -0.05) is 20.8 Å². The molecule has 0 aliphatic carbocycles. The molecule has 1 heterocycles. The third kappa shape index (κ3) is 2.23. The Bertz CT molecular complexity index is 293. The van der Waals surface area contributed by atoms with Crippen molar-refractivity contribution in [3.8, 4) is 0 Å². The van der Waals surface area contributed by atoms with E-state index in [1.807, 2.05) is 20.8 Å². The summed E-state index contributed by atoms with van der Waals surface area (Å²) in [6.45, 7) is 5.91. The third-order valence-electron chi connectivity index (χ3n) is 2.07. The molecule has 0 aliphatic heterocycles. The number of methoxy groups -OCH3 is 1. The van der Waals surface area contributed by atoms with Gasteiger partial charge in [0.25, 0.3) is 0 Å². The van der Waals surface area contributed by atoms with Gasteiger partial charge in [0.15, 0.2) is 5.78 Å². The standard InChI is InChI=1S/C11H16O3/c1-11(2,3)10(13-4)9(12)8-5-6-14-7-8/h5-7,10H,1-4H3. The van der Waals surface area contributed by atoms with Crippen molar-refractivity contribution < 1.29 is 13.9 Å². The molecule has 1 aromatic rings. The highest BCUT2D eigenvalue weighted by atomic mass is 16.5. The molecule has 1 rings (SSSR count). The van der Waals surface area contributed by atoms with Gasteiger partial charge < -0.3 is 9.15 Å². The predicted octanol–water partition coefficient (Wildman–Crippen LogP) is 2.52. The number of ketones is 1. The van der Waals surface area contributed by atoms with E-state index in [4.69, 9.17) is 9.15 Å².